The molecule has 0 bridgehead atoms. The maximum atomic E-state index is 12.2. The summed E-state index contributed by atoms with van der Waals surface area (Å²) in [5.41, 5.74) is 1.98. The van der Waals surface area contributed by atoms with Crippen molar-refractivity contribution in [3.8, 4) is 0 Å². The second kappa shape index (κ2) is 7.02. The number of primary sulfonamides is 1. The summed E-state index contributed by atoms with van der Waals surface area (Å²) in [4.78, 5) is 12.3. The molecule has 0 radical (unpaired) electrons. The highest BCUT2D eigenvalue weighted by molar-refractivity contribution is 7.89. The van der Waals surface area contributed by atoms with Crippen LogP contribution in [-0.4, -0.2) is 34.1 Å². The van der Waals surface area contributed by atoms with Crippen molar-refractivity contribution in [1.29, 1.82) is 0 Å². The fourth-order valence-corrected chi connectivity index (χ4v) is 3.46. The van der Waals surface area contributed by atoms with E-state index >= 15 is 0 Å². The van der Waals surface area contributed by atoms with Crippen molar-refractivity contribution in [1.82, 2.24) is 5.32 Å². The van der Waals surface area contributed by atoms with Gasteiger partial charge in [-0.3, -0.25) is 4.79 Å². The number of hydrogen-bond donors (Lipinski definition) is 2. The standard InChI is InChI=1S/C14H22N2O4S/c1-5-20-7-6-16-14(17)12-9(2)8-10(3)13(11(12)4)21(15,18)19/h8H,5-7H2,1-4H3,(H,16,17)(H2,15,18,19). The Morgan fingerprint density at radius 3 is 2.43 bits per heavy atom. The van der Waals surface area contributed by atoms with Crippen LogP contribution >= 0.6 is 0 Å². The highest BCUT2D eigenvalue weighted by Gasteiger charge is 2.22. The summed E-state index contributed by atoms with van der Waals surface area (Å²) in [7, 11) is -3.87. The molecule has 21 heavy (non-hydrogen) atoms. The molecule has 0 atom stereocenters. The molecule has 118 valence electrons. The Bertz CT molecular complexity index is 639. The van der Waals surface area contributed by atoms with Crippen molar-refractivity contribution in [2.45, 2.75) is 32.6 Å². The molecule has 3 N–H and O–H groups in total. The summed E-state index contributed by atoms with van der Waals surface area (Å²) in [6.07, 6.45) is 0. The largest absolute Gasteiger partial charge is 0.380 e. The highest BCUT2D eigenvalue weighted by Crippen LogP contribution is 2.25. The van der Waals surface area contributed by atoms with E-state index in [9.17, 15) is 13.2 Å². The third kappa shape index (κ3) is 4.26. The average molecular weight is 314 g/mol. The van der Waals surface area contributed by atoms with Crippen molar-refractivity contribution in [3.63, 3.8) is 0 Å². The van der Waals surface area contributed by atoms with Crippen LogP contribution in [0.25, 0.3) is 0 Å². The maximum absolute atomic E-state index is 12.2. The van der Waals surface area contributed by atoms with Crippen molar-refractivity contribution in [2.24, 2.45) is 5.14 Å². The lowest BCUT2D eigenvalue weighted by atomic mass is 9.99. The van der Waals surface area contributed by atoms with Crippen LogP contribution in [0.15, 0.2) is 11.0 Å². The van der Waals surface area contributed by atoms with Crippen LogP contribution in [0.3, 0.4) is 0 Å². The van der Waals surface area contributed by atoms with Crippen molar-refractivity contribution >= 4 is 15.9 Å². The summed E-state index contributed by atoms with van der Waals surface area (Å²) in [6, 6.07) is 1.66. The lowest BCUT2D eigenvalue weighted by molar-refractivity contribution is 0.0921. The van der Waals surface area contributed by atoms with Gasteiger partial charge in [-0.2, -0.15) is 0 Å². The lowest BCUT2D eigenvalue weighted by Gasteiger charge is -2.15. The molecule has 0 fully saturated rings. The summed E-state index contributed by atoms with van der Waals surface area (Å²) >= 11 is 0. The van der Waals surface area contributed by atoms with Gasteiger partial charge in [0.15, 0.2) is 0 Å². The van der Waals surface area contributed by atoms with E-state index in [1.54, 1.807) is 26.8 Å². The molecular formula is C14H22N2O4S. The lowest BCUT2D eigenvalue weighted by Crippen LogP contribution is -2.29. The number of hydrogen-bond acceptors (Lipinski definition) is 4. The summed E-state index contributed by atoms with van der Waals surface area (Å²) in [5.74, 6) is -0.324. The fraction of sp³-hybridized carbons (Fsp3) is 0.500. The second-order valence-corrected chi connectivity index (χ2v) is 6.34. The van der Waals surface area contributed by atoms with E-state index in [4.69, 9.17) is 9.88 Å². The molecule has 0 saturated carbocycles. The number of carbonyl (C=O) groups excluding carboxylic acids is 1. The number of carbonyl (C=O) groups is 1. The smallest absolute Gasteiger partial charge is 0.251 e. The zero-order chi connectivity index (χ0) is 16.2. The molecular weight excluding hydrogens is 292 g/mol. The van der Waals surface area contributed by atoms with Crippen molar-refractivity contribution in [3.05, 3.63) is 28.3 Å². The Hall–Kier alpha value is -1.44. The molecule has 7 heteroatoms. The molecule has 1 aromatic carbocycles. The molecule has 1 aromatic rings. The molecule has 0 aromatic heterocycles. The number of aryl methyl sites for hydroxylation is 2. The topological polar surface area (TPSA) is 98.5 Å². The monoisotopic (exact) mass is 314 g/mol. The Morgan fingerprint density at radius 1 is 1.29 bits per heavy atom. The SMILES string of the molecule is CCOCCNC(=O)c1c(C)cc(C)c(S(N)(=O)=O)c1C. The molecule has 0 aliphatic heterocycles. The summed E-state index contributed by atoms with van der Waals surface area (Å²) in [5, 5.41) is 7.95. The van der Waals surface area contributed by atoms with Crippen LogP contribution in [0, 0.1) is 20.8 Å². The third-order valence-electron chi connectivity index (χ3n) is 3.15. The minimum atomic E-state index is -3.87. The Balaban J connectivity index is 3.16. The first-order valence-electron chi connectivity index (χ1n) is 6.69. The first-order valence-corrected chi connectivity index (χ1v) is 8.24. The zero-order valence-corrected chi connectivity index (χ0v) is 13.6. The van der Waals surface area contributed by atoms with Crippen molar-refractivity contribution in [2.75, 3.05) is 19.8 Å². The predicted octanol–water partition coefficient (Wildman–Crippen LogP) is 1.03. The summed E-state index contributed by atoms with van der Waals surface area (Å²) in [6.45, 7) is 8.25. The zero-order valence-electron chi connectivity index (χ0n) is 12.8. The number of amides is 1. The Kier molecular flexibility index (Phi) is 5.88. The number of benzene rings is 1. The minimum Gasteiger partial charge on any atom is -0.380 e. The van der Waals surface area contributed by atoms with Crippen LogP contribution in [0.1, 0.15) is 34.0 Å². The van der Waals surface area contributed by atoms with Crippen LogP contribution < -0.4 is 10.5 Å². The third-order valence-corrected chi connectivity index (χ3v) is 4.35. The molecule has 0 spiro atoms. The molecule has 1 amide bonds. The molecule has 0 saturated heterocycles. The van der Waals surface area contributed by atoms with Gasteiger partial charge in [0.2, 0.25) is 10.0 Å². The van der Waals surface area contributed by atoms with Gasteiger partial charge < -0.3 is 10.1 Å². The van der Waals surface area contributed by atoms with E-state index in [1.165, 1.54) is 0 Å². The predicted molar refractivity (Wildman–Crippen MR) is 80.9 cm³/mol. The van der Waals surface area contributed by atoms with Crippen LogP contribution in [-0.2, 0) is 14.8 Å². The first-order chi connectivity index (χ1) is 9.70. The summed E-state index contributed by atoms with van der Waals surface area (Å²) < 4.78 is 28.5. The van der Waals surface area contributed by atoms with Gasteiger partial charge in [-0.15, -0.1) is 0 Å². The van der Waals surface area contributed by atoms with Gasteiger partial charge in [0.1, 0.15) is 0 Å². The van der Waals surface area contributed by atoms with E-state index in [-0.39, 0.29) is 10.8 Å². The molecule has 0 unspecified atom stereocenters. The highest BCUT2D eigenvalue weighted by atomic mass is 32.2. The number of nitrogens with two attached hydrogens (primary N) is 1. The molecule has 1 rings (SSSR count). The van der Waals surface area contributed by atoms with Crippen LogP contribution in [0.2, 0.25) is 0 Å². The maximum Gasteiger partial charge on any atom is 0.251 e. The minimum absolute atomic E-state index is 0.0167. The fourth-order valence-electron chi connectivity index (χ4n) is 2.42. The van der Waals surface area contributed by atoms with Crippen LogP contribution in [0.4, 0.5) is 0 Å². The van der Waals surface area contributed by atoms with Gasteiger partial charge in [0.05, 0.1) is 11.5 Å². The number of nitrogens with one attached hydrogen (secondary N) is 1. The second-order valence-electron chi connectivity index (χ2n) is 4.84. The van der Waals surface area contributed by atoms with Gasteiger partial charge in [0, 0.05) is 18.7 Å². The molecule has 0 aliphatic rings. The number of ether oxygens (including phenoxy) is 1. The normalized spacial score (nSPS) is 11.5. The van der Waals surface area contributed by atoms with Gasteiger partial charge in [0.25, 0.3) is 5.91 Å². The van der Waals surface area contributed by atoms with E-state index in [0.717, 1.165) is 0 Å². The quantitative estimate of drug-likeness (QED) is 0.766. The van der Waals surface area contributed by atoms with Gasteiger partial charge in [-0.25, -0.2) is 13.6 Å². The van der Waals surface area contributed by atoms with E-state index in [1.807, 2.05) is 6.92 Å². The van der Waals surface area contributed by atoms with Crippen molar-refractivity contribution < 1.29 is 17.9 Å². The first kappa shape index (κ1) is 17.6. The Morgan fingerprint density at radius 2 is 1.90 bits per heavy atom. The van der Waals surface area contributed by atoms with E-state index in [0.29, 0.717) is 42.0 Å². The van der Waals surface area contributed by atoms with Gasteiger partial charge in [-0.05, 0) is 44.4 Å². The van der Waals surface area contributed by atoms with E-state index in [2.05, 4.69) is 5.32 Å². The Labute approximate surface area is 125 Å². The van der Waals surface area contributed by atoms with E-state index < -0.39 is 10.0 Å². The average Bonchev–Trinajstić information content (AvgIpc) is 2.32. The van der Waals surface area contributed by atoms with Crippen LogP contribution in [0.5, 0.6) is 0 Å². The molecule has 0 aliphatic carbocycles. The van der Waals surface area contributed by atoms with Gasteiger partial charge >= 0.3 is 0 Å². The number of rotatable bonds is 6. The molecule has 0 heterocycles. The number of sulfonamides is 1. The van der Waals surface area contributed by atoms with Gasteiger partial charge in [-0.1, -0.05) is 6.07 Å². The molecule has 6 nitrogen and oxygen atoms in total.